The molecule has 1 amide bonds. The maximum absolute atomic E-state index is 11.8. The lowest BCUT2D eigenvalue weighted by Crippen LogP contribution is -2.36. The predicted octanol–water partition coefficient (Wildman–Crippen LogP) is 2.92. The molecule has 1 fully saturated rings. The first kappa shape index (κ1) is 17.3. The molecule has 1 aliphatic rings. The minimum atomic E-state index is -0.0983. The Bertz CT molecular complexity index is 475. The van der Waals surface area contributed by atoms with Gasteiger partial charge < -0.3 is 15.4 Å². The maximum atomic E-state index is 11.8. The van der Waals surface area contributed by atoms with Crippen LogP contribution in [0.15, 0.2) is 24.3 Å². The van der Waals surface area contributed by atoms with Crippen molar-refractivity contribution in [2.24, 2.45) is 5.92 Å². The number of nitrogens with one attached hydrogen (secondary N) is 2. The van der Waals surface area contributed by atoms with E-state index in [0.717, 1.165) is 37.9 Å². The standard InChI is InChI=1S/C17H25ClN2O2/c1-2-8-20-16(21)12-22-17(14-6-4-9-19-11-14)13-5-3-7-15(18)10-13/h3,5,7,10,14,17,19H,2,4,6,8-9,11-12H2,1H3,(H,20,21)/t14-,17+/m1/s1. The summed E-state index contributed by atoms with van der Waals surface area (Å²) in [5, 5.41) is 6.96. The van der Waals surface area contributed by atoms with Gasteiger partial charge in [0.15, 0.2) is 0 Å². The van der Waals surface area contributed by atoms with Gasteiger partial charge in [0.1, 0.15) is 6.61 Å². The molecule has 2 N–H and O–H groups in total. The Morgan fingerprint density at radius 3 is 3.09 bits per heavy atom. The number of hydrogen-bond acceptors (Lipinski definition) is 3. The van der Waals surface area contributed by atoms with E-state index >= 15 is 0 Å². The number of rotatable bonds is 7. The van der Waals surface area contributed by atoms with E-state index in [1.807, 2.05) is 31.2 Å². The van der Waals surface area contributed by atoms with Gasteiger partial charge in [-0.3, -0.25) is 4.79 Å². The molecule has 122 valence electrons. The van der Waals surface area contributed by atoms with Gasteiger partial charge in [-0.25, -0.2) is 0 Å². The van der Waals surface area contributed by atoms with Crippen molar-refractivity contribution in [1.29, 1.82) is 0 Å². The summed E-state index contributed by atoms with van der Waals surface area (Å²) in [4.78, 5) is 11.8. The largest absolute Gasteiger partial charge is 0.363 e. The second kappa shape index (κ2) is 9.13. The highest BCUT2D eigenvalue weighted by molar-refractivity contribution is 6.30. The van der Waals surface area contributed by atoms with Crippen LogP contribution in [0.4, 0.5) is 0 Å². The highest BCUT2D eigenvalue weighted by Crippen LogP contribution is 2.31. The van der Waals surface area contributed by atoms with Gasteiger partial charge in [0.25, 0.3) is 0 Å². The van der Waals surface area contributed by atoms with Crippen molar-refractivity contribution in [3.05, 3.63) is 34.9 Å². The molecule has 0 unspecified atom stereocenters. The lowest BCUT2D eigenvalue weighted by molar-refractivity contribution is -0.129. The molecule has 0 radical (unpaired) electrons. The zero-order valence-electron chi connectivity index (χ0n) is 13.1. The smallest absolute Gasteiger partial charge is 0.246 e. The van der Waals surface area contributed by atoms with Crippen molar-refractivity contribution in [3.8, 4) is 0 Å². The fourth-order valence-electron chi connectivity index (χ4n) is 2.81. The molecule has 1 saturated heterocycles. The van der Waals surface area contributed by atoms with Gasteiger partial charge in [0, 0.05) is 24.0 Å². The van der Waals surface area contributed by atoms with E-state index in [4.69, 9.17) is 16.3 Å². The topological polar surface area (TPSA) is 50.4 Å². The maximum Gasteiger partial charge on any atom is 0.246 e. The van der Waals surface area contributed by atoms with E-state index in [9.17, 15) is 4.79 Å². The summed E-state index contributed by atoms with van der Waals surface area (Å²) < 4.78 is 5.97. The van der Waals surface area contributed by atoms with Gasteiger partial charge in [-0.1, -0.05) is 30.7 Å². The monoisotopic (exact) mass is 324 g/mol. The Kier molecular flexibility index (Phi) is 7.16. The van der Waals surface area contributed by atoms with Crippen molar-refractivity contribution in [3.63, 3.8) is 0 Å². The number of halogens is 1. The number of ether oxygens (including phenoxy) is 1. The van der Waals surface area contributed by atoms with Crippen molar-refractivity contribution in [1.82, 2.24) is 10.6 Å². The van der Waals surface area contributed by atoms with Crippen LogP contribution in [-0.2, 0) is 9.53 Å². The van der Waals surface area contributed by atoms with E-state index in [1.165, 1.54) is 0 Å². The molecular formula is C17H25ClN2O2. The molecule has 5 heteroatoms. The number of piperidine rings is 1. The molecule has 2 rings (SSSR count). The molecule has 22 heavy (non-hydrogen) atoms. The molecule has 1 aromatic rings. The first-order valence-corrected chi connectivity index (χ1v) is 8.43. The van der Waals surface area contributed by atoms with Gasteiger partial charge in [-0.2, -0.15) is 0 Å². The molecular weight excluding hydrogens is 300 g/mol. The second-order valence-corrected chi connectivity index (χ2v) is 6.18. The average Bonchev–Trinajstić information content (AvgIpc) is 2.54. The molecule has 0 aromatic heterocycles. The van der Waals surface area contributed by atoms with Crippen molar-refractivity contribution in [2.75, 3.05) is 26.2 Å². The molecule has 0 spiro atoms. The van der Waals surface area contributed by atoms with Crippen LogP contribution in [0, 0.1) is 5.92 Å². The van der Waals surface area contributed by atoms with E-state index in [2.05, 4.69) is 10.6 Å². The number of hydrogen-bond donors (Lipinski definition) is 2. The summed E-state index contributed by atoms with van der Waals surface area (Å²) in [6.45, 7) is 4.77. The lowest BCUT2D eigenvalue weighted by Gasteiger charge is -2.31. The Hall–Kier alpha value is -1.10. The van der Waals surface area contributed by atoms with Crippen molar-refractivity contribution >= 4 is 17.5 Å². The summed E-state index contributed by atoms with van der Waals surface area (Å²) >= 11 is 6.11. The highest BCUT2D eigenvalue weighted by Gasteiger charge is 2.26. The third-order valence-corrected chi connectivity index (χ3v) is 4.14. The van der Waals surface area contributed by atoms with E-state index < -0.39 is 0 Å². The summed E-state index contributed by atoms with van der Waals surface area (Å²) in [5.41, 5.74) is 1.05. The third kappa shape index (κ3) is 5.27. The number of carbonyl (C=O) groups is 1. The Morgan fingerprint density at radius 2 is 2.41 bits per heavy atom. The van der Waals surface area contributed by atoms with Crippen LogP contribution in [-0.4, -0.2) is 32.1 Å². The van der Waals surface area contributed by atoms with E-state index in [1.54, 1.807) is 0 Å². The summed E-state index contributed by atoms with van der Waals surface area (Å²) in [6, 6.07) is 7.75. The Labute approximate surface area is 137 Å². The van der Waals surface area contributed by atoms with Crippen LogP contribution in [0.3, 0.4) is 0 Å². The molecule has 1 aliphatic heterocycles. The molecule has 1 heterocycles. The number of amides is 1. The van der Waals surface area contributed by atoms with Crippen LogP contribution in [0.5, 0.6) is 0 Å². The van der Waals surface area contributed by atoms with Gasteiger partial charge >= 0.3 is 0 Å². The molecule has 4 nitrogen and oxygen atoms in total. The Morgan fingerprint density at radius 1 is 1.55 bits per heavy atom. The highest BCUT2D eigenvalue weighted by atomic mass is 35.5. The minimum absolute atomic E-state index is 0.0577. The molecule has 1 aromatic carbocycles. The van der Waals surface area contributed by atoms with Crippen LogP contribution >= 0.6 is 11.6 Å². The molecule has 0 saturated carbocycles. The first-order chi connectivity index (χ1) is 10.7. The van der Waals surface area contributed by atoms with Crippen LogP contribution < -0.4 is 10.6 Å². The quantitative estimate of drug-likeness (QED) is 0.811. The third-order valence-electron chi connectivity index (χ3n) is 3.91. The van der Waals surface area contributed by atoms with Crippen LogP contribution in [0.2, 0.25) is 5.02 Å². The normalized spacial score (nSPS) is 19.6. The van der Waals surface area contributed by atoms with Gasteiger partial charge in [-0.05, 0) is 43.5 Å². The first-order valence-electron chi connectivity index (χ1n) is 8.05. The average molecular weight is 325 g/mol. The molecule has 2 atom stereocenters. The minimum Gasteiger partial charge on any atom is -0.363 e. The van der Waals surface area contributed by atoms with Gasteiger partial charge in [-0.15, -0.1) is 0 Å². The number of benzene rings is 1. The predicted molar refractivity (Wildman–Crippen MR) is 89.0 cm³/mol. The van der Waals surface area contributed by atoms with Gasteiger partial charge in [0.05, 0.1) is 6.10 Å². The molecule has 0 bridgehead atoms. The van der Waals surface area contributed by atoms with E-state index in [0.29, 0.717) is 17.5 Å². The van der Waals surface area contributed by atoms with E-state index in [-0.39, 0.29) is 18.6 Å². The zero-order chi connectivity index (χ0) is 15.8. The lowest BCUT2D eigenvalue weighted by atomic mass is 9.89. The van der Waals surface area contributed by atoms with Gasteiger partial charge in [0.2, 0.25) is 5.91 Å². The second-order valence-electron chi connectivity index (χ2n) is 5.74. The summed E-state index contributed by atoms with van der Waals surface area (Å²) in [5.74, 6) is 0.309. The SMILES string of the molecule is CCCNC(=O)CO[C@@H](c1cccc(Cl)c1)[C@@H]1CCCNC1. The van der Waals surface area contributed by atoms with Crippen LogP contribution in [0.25, 0.3) is 0 Å². The fraction of sp³-hybridized carbons (Fsp3) is 0.588. The fourth-order valence-corrected chi connectivity index (χ4v) is 3.00. The molecule has 0 aliphatic carbocycles. The summed E-state index contributed by atoms with van der Waals surface area (Å²) in [7, 11) is 0. The van der Waals surface area contributed by atoms with Crippen molar-refractivity contribution < 1.29 is 9.53 Å². The Balaban J connectivity index is 2.03. The van der Waals surface area contributed by atoms with Crippen LogP contribution in [0.1, 0.15) is 37.9 Å². The zero-order valence-corrected chi connectivity index (χ0v) is 13.9. The number of carbonyl (C=O) groups excluding carboxylic acids is 1. The summed E-state index contributed by atoms with van der Waals surface area (Å²) in [6.07, 6.45) is 3.06. The van der Waals surface area contributed by atoms with Crippen molar-refractivity contribution in [2.45, 2.75) is 32.3 Å².